The van der Waals surface area contributed by atoms with Gasteiger partial charge in [-0.1, -0.05) is 0 Å². The molecule has 2 aliphatic heterocycles. The zero-order chi connectivity index (χ0) is 11.0. The molecule has 2 fully saturated rings. The van der Waals surface area contributed by atoms with Gasteiger partial charge in [0, 0.05) is 18.6 Å². The molecule has 4 atom stereocenters. The van der Waals surface area contributed by atoms with Crippen LogP contribution in [-0.4, -0.2) is 35.4 Å². The number of nitrogens with one attached hydrogen (secondary N) is 2. The van der Waals surface area contributed by atoms with Gasteiger partial charge in [-0.05, 0) is 25.3 Å². The molecule has 0 aromatic carbocycles. The average Bonchev–Trinajstić information content (AvgIpc) is 2.82. The summed E-state index contributed by atoms with van der Waals surface area (Å²) in [7, 11) is 0. The van der Waals surface area contributed by atoms with E-state index in [0.29, 0.717) is 24.0 Å². The molecule has 4 N–H and O–H groups in total. The predicted octanol–water partition coefficient (Wildman–Crippen LogP) is -0.122. The van der Waals surface area contributed by atoms with Crippen molar-refractivity contribution < 1.29 is 0 Å². The summed E-state index contributed by atoms with van der Waals surface area (Å²) in [5.41, 5.74) is 8.06. The van der Waals surface area contributed by atoms with Crippen molar-refractivity contribution in [1.29, 1.82) is 0 Å². The van der Waals surface area contributed by atoms with E-state index in [2.05, 4.69) is 20.8 Å². The highest BCUT2D eigenvalue weighted by atomic mass is 32.1. The second-order valence-electron chi connectivity index (χ2n) is 4.66. The van der Waals surface area contributed by atoms with Gasteiger partial charge in [0.15, 0.2) is 0 Å². The maximum absolute atomic E-state index is 6.27. The number of aromatic nitrogens is 2. The molecule has 5 nitrogen and oxygen atoms in total. The first kappa shape index (κ1) is 10.6. The maximum Gasteiger partial charge on any atom is 0.134 e. The number of fused-ring (bicyclic) bond motifs is 1. The zero-order valence-electron chi connectivity index (χ0n) is 9.10. The molecule has 6 heteroatoms. The van der Waals surface area contributed by atoms with Gasteiger partial charge in [-0.3, -0.25) is 0 Å². The van der Waals surface area contributed by atoms with Gasteiger partial charge >= 0.3 is 0 Å². The third-order valence-electron chi connectivity index (χ3n) is 3.68. The lowest BCUT2D eigenvalue weighted by atomic mass is 9.79. The Balaban J connectivity index is 1.75. The molecule has 0 saturated carbocycles. The molecule has 3 rings (SSSR count). The van der Waals surface area contributed by atoms with E-state index in [-0.39, 0.29) is 0 Å². The van der Waals surface area contributed by atoms with Crippen molar-refractivity contribution in [2.45, 2.75) is 31.0 Å². The Kier molecular flexibility index (Phi) is 2.89. The minimum atomic E-state index is 0.294. The van der Waals surface area contributed by atoms with E-state index >= 15 is 0 Å². The van der Waals surface area contributed by atoms with E-state index in [1.165, 1.54) is 6.42 Å². The molecule has 2 aliphatic rings. The van der Waals surface area contributed by atoms with Crippen LogP contribution >= 0.6 is 11.3 Å². The summed E-state index contributed by atoms with van der Waals surface area (Å²) in [5.74, 6) is 0.616. The number of piperidine rings is 2. The molecule has 0 spiro atoms. The lowest BCUT2D eigenvalue weighted by Crippen LogP contribution is -2.59. The lowest BCUT2D eigenvalue weighted by molar-refractivity contribution is 0.162. The fourth-order valence-electron chi connectivity index (χ4n) is 2.85. The van der Waals surface area contributed by atoms with Crippen molar-refractivity contribution in [3.63, 3.8) is 0 Å². The molecular formula is C10H17N5S. The van der Waals surface area contributed by atoms with Crippen molar-refractivity contribution in [2.24, 2.45) is 11.7 Å². The second-order valence-corrected chi connectivity index (χ2v) is 5.52. The highest BCUT2D eigenvalue weighted by Gasteiger charge is 2.38. The van der Waals surface area contributed by atoms with Crippen LogP contribution in [0.5, 0.6) is 0 Å². The Labute approximate surface area is 98.8 Å². The number of nitrogens with two attached hydrogens (primary N) is 1. The van der Waals surface area contributed by atoms with E-state index in [9.17, 15) is 0 Å². The van der Waals surface area contributed by atoms with Crippen LogP contribution in [0.2, 0.25) is 0 Å². The average molecular weight is 239 g/mol. The van der Waals surface area contributed by atoms with Crippen molar-refractivity contribution in [3.8, 4) is 0 Å². The Morgan fingerprint density at radius 3 is 3.25 bits per heavy atom. The van der Waals surface area contributed by atoms with E-state index in [4.69, 9.17) is 5.73 Å². The van der Waals surface area contributed by atoms with Crippen molar-refractivity contribution >= 4 is 11.3 Å². The smallest absolute Gasteiger partial charge is 0.134 e. The largest absolute Gasteiger partial charge is 0.327 e. The Morgan fingerprint density at radius 2 is 2.44 bits per heavy atom. The molecule has 4 unspecified atom stereocenters. The third-order valence-corrected chi connectivity index (χ3v) is 4.49. The molecule has 1 aromatic rings. The summed E-state index contributed by atoms with van der Waals surface area (Å²) in [6.45, 7) is 2.12. The van der Waals surface area contributed by atoms with Gasteiger partial charge in [-0.25, -0.2) is 0 Å². The Morgan fingerprint density at radius 1 is 1.50 bits per heavy atom. The van der Waals surface area contributed by atoms with Crippen LogP contribution in [0.25, 0.3) is 0 Å². The minimum absolute atomic E-state index is 0.294. The molecule has 88 valence electrons. The summed E-state index contributed by atoms with van der Waals surface area (Å²) in [6.07, 6.45) is 2.16. The first-order valence-corrected chi connectivity index (χ1v) is 6.71. The van der Waals surface area contributed by atoms with Gasteiger partial charge in [0.2, 0.25) is 0 Å². The number of nitrogens with zero attached hydrogens (tertiary/aromatic N) is 2. The predicted molar refractivity (Wildman–Crippen MR) is 63.1 cm³/mol. The maximum atomic E-state index is 6.27. The Hall–Kier alpha value is -0.560. The summed E-state index contributed by atoms with van der Waals surface area (Å²) in [5, 5.41) is 16.2. The number of rotatable bonds is 1. The van der Waals surface area contributed by atoms with Gasteiger partial charge in [-0.15, -0.1) is 21.5 Å². The van der Waals surface area contributed by atoms with Crippen LogP contribution in [0.15, 0.2) is 5.51 Å². The van der Waals surface area contributed by atoms with Crippen molar-refractivity contribution in [2.75, 3.05) is 13.1 Å². The SMILES string of the molecule is NC1CC(c2nncs2)NC2CNCCC12. The quantitative estimate of drug-likeness (QED) is 0.637. The van der Waals surface area contributed by atoms with Crippen molar-refractivity contribution in [1.82, 2.24) is 20.8 Å². The molecule has 16 heavy (non-hydrogen) atoms. The minimum Gasteiger partial charge on any atom is -0.327 e. The Bertz CT molecular complexity index is 341. The fourth-order valence-corrected chi connectivity index (χ4v) is 3.48. The van der Waals surface area contributed by atoms with Gasteiger partial charge < -0.3 is 16.4 Å². The van der Waals surface area contributed by atoms with E-state index in [1.807, 2.05) is 0 Å². The first-order valence-electron chi connectivity index (χ1n) is 5.83. The van der Waals surface area contributed by atoms with E-state index in [1.54, 1.807) is 16.8 Å². The van der Waals surface area contributed by atoms with Crippen LogP contribution in [0, 0.1) is 5.92 Å². The normalized spacial score (nSPS) is 39.3. The molecular weight excluding hydrogens is 222 g/mol. The molecule has 0 amide bonds. The van der Waals surface area contributed by atoms with E-state index in [0.717, 1.165) is 24.5 Å². The van der Waals surface area contributed by atoms with Crippen LogP contribution < -0.4 is 16.4 Å². The molecule has 0 bridgehead atoms. The van der Waals surface area contributed by atoms with Crippen LogP contribution in [0.3, 0.4) is 0 Å². The number of hydrogen-bond donors (Lipinski definition) is 3. The lowest BCUT2D eigenvalue weighted by Gasteiger charge is -2.43. The molecule has 0 radical (unpaired) electrons. The molecule has 2 saturated heterocycles. The monoisotopic (exact) mass is 239 g/mol. The van der Waals surface area contributed by atoms with Gasteiger partial charge in [-0.2, -0.15) is 0 Å². The highest BCUT2D eigenvalue weighted by Crippen LogP contribution is 2.31. The fraction of sp³-hybridized carbons (Fsp3) is 0.800. The third kappa shape index (κ3) is 1.86. The summed E-state index contributed by atoms with van der Waals surface area (Å²) >= 11 is 1.61. The molecule has 1 aromatic heterocycles. The van der Waals surface area contributed by atoms with Crippen LogP contribution in [0.1, 0.15) is 23.9 Å². The van der Waals surface area contributed by atoms with Gasteiger partial charge in [0.05, 0.1) is 6.04 Å². The molecule has 3 heterocycles. The summed E-state index contributed by atoms with van der Waals surface area (Å²) < 4.78 is 0. The number of hydrogen-bond acceptors (Lipinski definition) is 6. The summed E-state index contributed by atoms with van der Waals surface area (Å²) in [4.78, 5) is 0. The van der Waals surface area contributed by atoms with Gasteiger partial charge in [0.1, 0.15) is 10.5 Å². The highest BCUT2D eigenvalue weighted by molar-refractivity contribution is 7.09. The molecule has 0 aliphatic carbocycles. The van der Waals surface area contributed by atoms with Gasteiger partial charge in [0.25, 0.3) is 0 Å². The van der Waals surface area contributed by atoms with Crippen LogP contribution in [-0.2, 0) is 0 Å². The van der Waals surface area contributed by atoms with Crippen molar-refractivity contribution in [3.05, 3.63) is 10.5 Å². The summed E-state index contributed by atoms with van der Waals surface area (Å²) in [6, 6.07) is 1.08. The second kappa shape index (κ2) is 4.37. The van der Waals surface area contributed by atoms with Crippen LogP contribution in [0.4, 0.5) is 0 Å². The topological polar surface area (TPSA) is 75.9 Å². The van der Waals surface area contributed by atoms with E-state index < -0.39 is 0 Å². The zero-order valence-corrected chi connectivity index (χ0v) is 9.91. The first-order chi connectivity index (χ1) is 7.84. The standard InChI is InChI=1S/C10H17N5S/c11-7-3-8(10-15-13-5-16-10)14-9-4-12-2-1-6(7)9/h5-9,12,14H,1-4,11H2.